The van der Waals surface area contributed by atoms with E-state index in [0.29, 0.717) is 5.69 Å². The fourth-order valence-electron chi connectivity index (χ4n) is 3.17. The lowest BCUT2D eigenvalue weighted by molar-refractivity contribution is -0.153. The smallest absolute Gasteiger partial charge is 0.340 e. The molecule has 0 aliphatic rings. The number of carbonyl (C=O) groups excluding carboxylic acids is 4. The summed E-state index contributed by atoms with van der Waals surface area (Å²) in [5, 5.41) is 5.16. The molecule has 2 N–H and O–H groups in total. The minimum absolute atomic E-state index is 0.105. The largest absolute Gasteiger partial charge is 0.459 e. The molecule has 0 spiro atoms. The van der Waals surface area contributed by atoms with Crippen LogP contribution in [0.4, 0.5) is 16.2 Å². The van der Waals surface area contributed by atoms with Gasteiger partial charge in [-0.2, -0.15) is 0 Å². The van der Waals surface area contributed by atoms with E-state index in [-0.39, 0.29) is 11.3 Å². The van der Waals surface area contributed by atoms with Gasteiger partial charge in [-0.15, -0.1) is 0 Å². The summed E-state index contributed by atoms with van der Waals surface area (Å²) in [6.45, 7) is 11.3. The van der Waals surface area contributed by atoms with Crippen LogP contribution in [-0.2, 0) is 19.1 Å². The van der Waals surface area contributed by atoms with Gasteiger partial charge in [0.05, 0.1) is 17.8 Å². The number of nitrogens with zero attached hydrogens (tertiary/aromatic N) is 1. The predicted molar refractivity (Wildman–Crippen MR) is 138 cm³/mol. The Bertz CT molecular complexity index is 1110. The van der Waals surface area contributed by atoms with Gasteiger partial charge in [0, 0.05) is 5.69 Å². The Morgan fingerprint density at radius 1 is 0.861 bits per heavy atom. The van der Waals surface area contributed by atoms with Crippen LogP contribution in [0, 0.1) is 6.92 Å². The topological polar surface area (TPSA) is 114 Å². The van der Waals surface area contributed by atoms with Gasteiger partial charge in [0.15, 0.2) is 0 Å². The molecule has 0 radical (unpaired) electrons. The predicted octanol–water partition coefficient (Wildman–Crippen LogP) is 4.45. The second kappa shape index (κ2) is 11.7. The van der Waals surface area contributed by atoms with Gasteiger partial charge in [0.25, 0.3) is 0 Å². The van der Waals surface area contributed by atoms with E-state index >= 15 is 0 Å². The van der Waals surface area contributed by atoms with Crippen LogP contribution in [0.1, 0.15) is 57.5 Å². The molecule has 9 heteroatoms. The Hall–Kier alpha value is -3.88. The number of rotatable bonds is 7. The maximum absolute atomic E-state index is 13.2. The quantitative estimate of drug-likeness (QED) is 0.547. The standard InChI is InChI=1S/C27H35N3O6/c1-18-11-10-12-19(15-18)29-25(34)28-16-22(31)30(17-23(32)35-26(2,3)4)21-14-9-8-13-20(21)24(33)36-27(5,6)7/h8-15H,16-17H2,1-7H3,(H2,28,29,34). The molecule has 0 heterocycles. The average molecular weight is 498 g/mol. The summed E-state index contributed by atoms with van der Waals surface area (Å²) in [6, 6.07) is 12.9. The van der Waals surface area contributed by atoms with Crippen molar-refractivity contribution >= 4 is 35.3 Å². The average Bonchev–Trinajstić information content (AvgIpc) is 2.73. The summed E-state index contributed by atoms with van der Waals surface area (Å²) in [5.41, 5.74) is 0.270. The minimum Gasteiger partial charge on any atom is -0.459 e. The molecule has 2 aromatic rings. The van der Waals surface area contributed by atoms with Crippen LogP contribution in [0.5, 0.6) is 0 Å². The molecule has 0 fully saturated rings. The molecule has 3 amide bonds. The molecule has 36 heavy (non-hydrogen) atoms. The summed E-state index contributed by atoms with van der Waals surface area (Å²) >= 11 is 0. The van der Waals surface area contributed by atoms with Crippen molar-refractivity contribution < 1.29 is 28.7 Å². The number of carbonyl (C=O) groups is 4. The molecule has 0 unspecified atom stereocenters. The first-order valence-electron chi connectivity index (χ1n) is 11.6. The SMILES string of the molecule is Cc1cccc(NC(=O)NCC(=O)N(CC(=O)OC(C)(C)C)c2ccccc2C(=O)OC(C)(C)C)c1. The van der Waals surface area contributed by atoms with Crippen molar-refractivity contribution in [3.8, 4) is 0 Å². The molecular formula is C27H35N3O6. The number of nitrogens with one attached hydrogen (secondary N) is 2. The van der Waals surface area contributed by atoms with E-state index in [1.807, 2.05) is 13.0 Å². The number of hydrogen-bond donors (Lipinski definition) is 2. The number of anilines is 2. The molecule has 2 aromatic carbocycles. The number of aryl methyl sites for hydroxylation is 1. The zero-order valence-electron chi connectivity index (χ0n) is 21.9. The molecule has 9 nitrogen and oxygen atoms in total. The Morgan fingerprint density at radius 3 is 2.11 bits per heavy atom. The molecule has 0 aliphatic heterocycles. The van der Waals surface area contributed by atoms with Crippen molar-refractivity contribution in [2.24, 2.45) is 0 Å². The van der Waals surface area contributed by atoms with Crippen molar-refractivity contribution in [2.75, 3.05) is 23.3 Å². The minimum atomic E-state index is -0.775. The number of ether oxygens (including phenoxy) is 2. The summed E-state index contributed by atoms with van der Waals surface area (Å²) in [4.78, 5) is 52.2. The third-order valence-corrected chi connectivity index (χ3v) is 4.50. The van der Waals surface area contributed by atoms with Gasteiger partial charge in [-0.25, -0.2) is 9.59 Å². The first-order chi connectivity index (χ1) is 16.6. The second-order valence-electron chi connectivity index (χ2n) is 10.3. The lowest BCUT2D eigenvalue weighted by Crippen LogP contribution is -2.45. The van der Waals surface area contributed by atoms with E-state index in [2.05, 4.69) is 10.6 Å². The third kappa shape index (κ3) is 9.40. The zero-order chi connectivity index (χ0) is 27.1. The fourth-order valence-corrected chi connectivity index (χ4v) is 3.17. The maximum Gasteiger partial charge on any atom is 0.340 e. The summed E-state index contributed by atoms with van der Waals surface area (Å²) in [6.07, 6.45) is 0. The molecule has 2 rings (SSSR count). The molecule has 0 aliphatic carbocycles. The zero-order valence-corrected chi connectivity index (χ0v) is 21.9. The number of esters is 2. The fraction of sp³-hybridized carbons (Fsp3) is 0.407. The number of hydrogen-bond acceptors (Lipinski definition) is 6. The number of amides is 3. The summed E-state index contributed by atoms with van der Waals surface area (Å²) in [7, 11) is 0. The van der Waals surface area contributed by atoms with Crippen molar-refractivity contribution in [2.45, 2.75) is 59.7 Å². The number of urea groups is 1. The molecule has 194 valence electrons. The van der Waals surface area contributed by atoms with Crippen LogP contribution in [0.25, 0.3) is 0 Å². The van der Waals surface area contributed by atoms with Gasteiger partial charge in [0.2, 0.25) is 5.91 Å². The maximum atomic E-state index is 13.2. The number of benzene rings is 2. The van der Waals surface area contributed by atoms with Crippen molar-refractivity contribution in [1.29, 1.82) is 0 Å². The molecule has 0 saturated heterocycles. The third-order valence-electron chi connectivity index (χ3n) is 4.50. The van der Waals surface area contributed by atoms with Crippen LogP contribution in [0.2, 0.25) is 0 Å². The highest BCUT2D eigenvalue weighted by Crippen LogP contribution is 2.24. The molecular weight excluding hydrogens is 462 g/mol. The normalized spacial score (nSPS) is 11.3. The van der Waals surface area contributed by atoms with Gasteiger partial charge in [-0.05, 0) is 78.3 Å². The Labute approximate surface area is 212 Å². The van der Waals surface area contributed by atoms with E-state index in [9.17, 15) is 19.2 Å². The van der Waals surface area contributed by atoms with E-state index in [1.165, 1.54) is 12.1 Å². The first kappa shape index (κ1) is 28.4. The monoisotopic (exact) mass is 497 g/mol. The van der Waals surface area contributed by atoms with Crippen molar-refractivity contribution in [1.82, 2.24) is 5.32 Å². The van der Waals surface area contributed by atoms with Gasteiger partial charge in [-0.1, -0.05) is 24.3 Å². The molecule has 0 saturated carbocycles. The van der Waals surface area contributed by atoms with Crippen LogP contribution in [0.3, 0.4) is 0 Å². The molecule has 0 aromatic heterocycles. The van der Waals surface area contributed by atoms with Crippen LogP contribution < -0.4 is 15.5 Å². The Balaban J connectivity index is 2.27. The van der Waals surface area contributed by atoms with Gasteiger partial charge < -0.3 is 20.1 Å². The van der Waals surface area contributed by atoms with Gasteiger partial charge in [0.1, 0.15) is 17.7 Å². The number of para-hydroxylation sites is 1. The van der Waals surface area contributed by atoms with Crippen LogP contribution >= 0.6 is 0 Å². The lowest BCUT2D eigenvalue weighted by atomic mass is 10.1. The summed E-state index contributed by atoms with van der Waals surface area (Å²) < 4.78 is 10.9. The highest BCUT2D eigenvalue weighted by Gasteiger charge is 2.28. The van der Waals surface area contributed by atoms with Crippen LogP contribution in [-0.4, -0.2) is 48.2 Å². The van der Waals surface area contributed by atoms with E-state index < -0.39 is 48.2 Å². The van der Waals surface area contributed by atoms with Gasteiger partial charge >= 0.3 is 18.0 Å². The summed E-state index contributed by atoms with van der Waals surface area (Å²) in [5.74, 6) is -1.93. The van der Waals surface area contributed by atoms with E-state index in [0.717, 1.165) is 10.5 Å². The van der Waals surface area contributed by atoms with E-state index in [4.69, 9.17) is 9.47 Å². The lowest BCUT2D eigenvalue weighted by Gasteiger charge is -2.27. The van der Waals surface area contributed by atoms with Gasteiger partial charge in [-0.3, -0.25) is 14.5 Å². The van der Waals surface area contributed by atoms with E-state index in [1.54, 1.807) is 71.9 Å². The molecule has 0 atom stereocenters. The highest BCUT2D eigenvalue weighted by molar-refractivity contribution is 6.06. The Kier molecular flexibility index (Phi) is 9.22. The Morgan fingerprint density at radius 2 is 1.50 bits per heavy atom. The second-order valence-corrected chi connectivity index (χ2v) is 10.3. The van der Waals surface area contributed by atoms with Crippen LogP contribution in [0.15, 0.2) is 48.5 Å². The van der Waals surface area contributed by atoms with Crippen molar-refractivity contribution in [3.63, 3.8) is 0 Å². The van der Waals surface area contributed by atoms with Crippen molar-refractivity contribution in [3.05, 3.63) is 59.7 Å². The molecule has 0 bridgehead atoms. The highest BCUT2D eigenvalue weighted by atomic mass is 16.6. The first-order valence-corrected chi connectivity index (χ1v) is 11.6.